The van der Waals surface area contributed by atoms with Crippen molar-refractivity contribution in [1.82, 2.24) is 5.32 Å². The maximum absolute atomic E-state index is 11.5. The van der Waals surface area contributed by atoms with Gasteiger partial charge in [0.25, 0.3) is 0 Å². The first-order valence-electron chi connectivity index (χ1n) is 6.58. The Morgan fingerprint density at radius 1 is 1.40 bits per heavy atom. The van der Waals surface area contributed by atoms with Crippen molar-refractivity contribution in [2.75, 3.05) is 13.2 Å². The molecule has 0 atom stereocenters. The molecule has 1 aliphatic heterocycles. The van der Waals surface area contributed by atoms with Gasteiger partial charge in [-0.1, -0.05) is 6.07 Å². The number of hydrogen-bond acceptors (Lipinski definition) is 3. The second-order valence-corrected chi connectivity index (χ2v) is 4.59. The van der Waals surface area contributed by atoms with E-state index in [1.165, 1.54) is 6.08 Å². The van der Waals surface area contributed by atoms with Crippen LogP contribution >= 0.6 is 0 Å². The lowest BCUT2D eigenvalue weighted by Crippen LogP contribution is -2.22. The third kappa shape index (κ3) is 4.12. The molecule has 1 aromatic carbocycles. The highest BCUT2D eigenvalue weighted by Gasteiger charge is 2.11. The summed E-state index contributed by atoms with van der Waals surface area (Å²) < 4.78 is 5.41. The summed E-state index contributed by atoms with van der Waals surface area (Å²) in [5.41, 5.74) is 2.11. The second-order valence-electron chi connectivity index (χ2n) is 4.59. The van der Waals surface area contributed by atoms with Crippen LogP contribution in [-0.4, -0.2) is 30.1 Å². The molecule has 20 heavy (non-hydrogen) atoms. The van der Waals surface area contributed by atoms with Crippen LogP contribution < -0.4 is 10.1 Å². The molecule has 0 fully saturated rings. The summed E-state index contributed by atoms with van der Waals surface area (Å²) in [5, 5.41) is 11.1. The van der Waals surface area contributed by atoms with Crippen LogP contribution in [0.5, 0.6) is 5.75 Å². The zero-order valence-corrected chi connectivity index (χ0v) is 11.1. The minimum atomic E-state index is -0.852. The van der Waals surface area contributed by atoms with Gasteiger partial charge in [-0.2, -0.15) is 0 Å². The number of ether oxygens (including phenoxy) is 1. The van der Waals surface area contributed by atoms with Crippen molar-refractivity contribution in [1.29, 1.82) is 0 Å². The summed E-state index contributed by atoms with van der Waals surface area (Å²) in [7, 11) is 0. The Balaban J connectivity index is 1.80. The van der Waals surface area contributed by atoms with Gasteiger partial charge >= 0.3 is 5.97 Å². The smallest absolute Gasteiger partial charge is 0.303 e. The van der Waals surface area contributed by atoms with E-state index in [0.717, 1.165) is 23.3 Å². The van der Waals surface area contributed by atoms with Crippen LogP contribution in [0.15, 0.2) is 24.3 Å². The van der Waals surface area contributed by atoms with Crippen molar-refractivity contribution in [2.24, 2.45) is 0 Å². The van der Waals surface area contributed by atoms with Gasteiger partial charge in [0, 0.05) is 25.5 Å². The van der Waals surface area contributed by atoms with Crippen molar-refractivity contribution in [3.8, 4) is 5.75 Å². The average Bonchev–Trinajstić information content (AvgIpc) is 2.88. The lowest BCUT2D eigenvalue weighted by Gasteiger charge is -2.01. The monoisotopic (exact) mass is 275 g/mol. The first-order valence-corrected chi connectivity index (χ1v) is 6.58. The average molecular weight is 275 g/mol. The first kappa shape index (κ1) is 14.1. The number of carboxylic acids is 1. The maximum Gasteiger partial charge on any atom is 0.303 e. The largest absolute Gasteiger partial charge is 0.493 e. The molecule has 1 amide bonds. The zero-order valence-electron chi connectivity index (χ0n) is 11.1. The van der Waals surface area contributed by atoms with Crippen molar-refractivity contribution < 1.29 is 19.4 Å². The Bertz CT molecular complexity index is 537. The van der Waals surface area contributed by atoms with E-state index in [9.17, 15) is 9.59 Å². The van der Waals surface area contributed by atoms with Crippen LogP contribution in [0.25, 0.3) is 6.08 Å². The molecule has 1 aromatic rings. The summed E-state index contributed by atoms with van der Waals surface area (Å²) in [6.45, 7) is 1.08. The predicted molar refractivity (Wildman–Crippen MR) is 74.6 cm³/mol. The van der Waals surface area contributed by atoms with Gasteiger partial charge in [-0.25, -0.2) is 0 Å². The van der Waals surface area contributed by atoms with E-state index in [1.807, 2.05) is 18.2 Å². The van der Waals surface area contributed by atoms with Crippen LogP contribution in [0.4, 0.5) is 0 Å². The number of hydrogen-bond donors (Lipinski definition) is 2. The van der Waals surface area contributed by atoms with Gasteiger partial charge in [-0.3, -0.25) is 9.59 Å². The molecule has 0 aromatic heterocycles. The molecule has 106 valence electrons. The number of rotatable bonds is 6. The zero-order chi connectivity index (χ0) is 14.4. The molecule has 0 saturated carbocycles. The van der Waals surface area contributed by atoms with Crippen LogP contribution in [0.2, 0.25) is 0 Å². The lowest BCUT2D eigenvalue weighted by molar-refractivity contribution is -0.137. The third-order valence-electron chi connectivity index (χ3n) is 3.01. The van der Waals surface area contributed by atoms with Gasteiger partial charge in [0.2, 0.25) is 5.91 Å². The van der Waals surface area contributed by atoms with Crippen LogP contribution in [0, 0.1) is 0 Å². The SMILES string of the molecule is O=C(O)CCCNC(=O)/C=C/c1ccc2c(c1)CCO2. The molecule has 5 heteroatoms. The van der Waals surface area contributed by atoms with E-state index >= 15 is 0 Å². The molecule has 0 spiro atoms. The number of benzene rings is 1. The summed E-state index contributed by atoms with van der Waals surface area (Å²) in [4.78, 5) is 21.8. The normalized spacial score (nSPS) is 13.0. The van der Waals surface area contributed by atoms with Gasteiger partial charge in [0.1, 0.15) is 5.75 Å². The third-order valence-corrected chi connectivity index (χ3v) is 3.01. The van der Waals surface area contributed by atoms with E-state index in [0.29, 0.717) is 19.6 Å². The van der Waals surface area contributed by atoms with E-state index in [2.05, 4.69) is 5.32 Å². The van der Waals surface area contributed by atoms with E-state index in [4.69, 9.17) is 9.84 Å². The Kier molecular flexibility index (Phi) is 4.76. The fourth-order valence-corrected chi connectivity index (χ4v) is 1.99. The van der Waals surface area contributed by atoms with Gasteiger partial charge in [-0.15, -0.1) is 0 Å². The molecule has 5 nitrogen and oxygen atoms in total. The van der Waals surface area contributed by atoms with Crippen molar-refractivity contribution in [3.05, 3.63) is 35.4 Å². The molecule has 0 bridgehead atoms. The van der Waals surface area contributed by atoms with E-state index < -0.39 is 5.97 Å². The second kappa shape index (κ2) is 6.75. The molecular formula is C15H17NO4. The predicted octanol–water partition coefficient (Wildman–Crippen LogP) is 1.62. The summed E-state index contributed by atoms with van der Waals surface area (Å²) in [6, 6.07) is 5.82. The number of nitrogens with one attached hydrogen (secondary N) is 1. The Morgan fingerprint density at radius 3 is 3.05 bits per heavy atom. The fraction of sp³-hybridized carbons (Fsp3) is 0.333. The highest BCUT2D eigenvalue weighted by atomic mass is 16.5. The highest BCUT2D eigenvalue weighted by Crippen LogP contribution is 2.26. The molecule has 2 N–H and O–H groups in total. The maximum atomic E-state index is 11.5. The Morgan fingerprint density at radius 2 is 2.25 bits per heavy atom. The molecule has 1 aliphatic rings. The quantitative estimate of drug-likeness (QED) is 0.611. The number of carboxylic acid groups (broad SMARTS) is 1. The van der Waals surface area contributed by atoms with Crippen molar-refractivity contribution >= 4 is 18.0 Å². The minimum Gasteiger partial charge on any atom is -0.493 e. The molecule has 0 aliphatic carbocycles. The van der Waals surface area contributed by atoms with Crippen molar-refractivity contribution in [3.63, 3.8) is 0 Å². The number of carbonyl (C=O) groups excluding carboxylic acids is 1. The lowest BCUT2D eigenvalue weighted by atomic mass is 10.1. The number of aliphatic carboxylic acids is 1. The Hall–Kier alpha value is -2.30. The molecule has 0 unspecified atom stereocenters. The van der Waals surface area contributed by atoms with Gasteiger partial charge in [0.15, 0.2) is 0 Å². The van der Waals surface area contributed by atoms with E-state index in [1.54, 1.807) is 6.08 Å². The molecule has 0 saturated heterocycles. The Labute approximate surface area is 117 Å². The molecular weight excluding hydrogens is 258 g/mol. The highest BCUT2D eigenvalue weighted by molar-refractivity contribution is 5.91. The van der Waals surface area contributed by atoms with Gasteiger partial charge in [-0.05, 0) is 35.8 Å². The molecule has 1 heterocycles. The molecule has 2 rings (SSSR count). The number of amides is 1. The first-order chi connectivity index (χ1) is 9.65. The minimum absolute atomic E-state index is 0.0643. The fourth-order valence-electron chi connectivity index (χ4n) is 1.99. The number of carbonyl (C=O) groups is 2. The summed E-state index contributed by atoms with van der Waals surface area (Å²) in [6.07, 6.45) is 4.60. The number of fused-ring (bicyclic) bond motifs is 1. The van der Waals surface area contributed by atoms with Crippen LogP contribution in [-0.2, 0) is 16.0 Å². The molecule has 0 radical (unpaired) electrons. The summed E-state index contributed by atoms with van der Waals surface area (Å²) >= 11 is 0. The topological polar surface area (TPSA) is 75.6 Å². The summed E-state index contributed by atoms with van der Waals surface area (Å²) in [5.74, 6) is -0.150. The van der Waals surface area contributed by atoms with Gasteiger partial charge < -0.3 is 15.2 Å². The van der Waals surface area contributed by atoms with Gasteiger partial charge in [0.05, 0.1) is 6.61 Å². The van der Waals surface area contributed by atoms with E-state index in [-0.39, 0.29) is 12.3 Å². The van der Waals surface area contributed by atoms with Crippen molar-refractivity contribution in [2.45, 2.75) is 19.3 Å². The standard InChI is InChI=1S/C15H17NO4/c17-14(16-8-1-2-15(18)19)6-4-11-3-5-13-12(10-11)7-9-20-13/h3-6,10H,1-2,7-9H2,(H,16,17)(H,18,19)/b6-4+. The van der Waals surface area contributed by atoms with Crippen LogP contribution in [0.1, 0.15) is 24.0 Å². The van der Waals surface area contributed by atoms with Crippen LogP contribution in [0.3, 0.4) is 0 Å².